The molecular weight excluding hydrogens is 1430 g/mol. The maximum atomic E-state index is 5.17. The fourth-order valence-corrected chi connectivity index (χ4v) is 16.3. The summed E-state index contributed by atoms with van der Waals surface area (Å²) in [6.45, 7) is 13.5. The van der Waals surface area contributed by atoms with Crippen molar-refractivity contribution < 1.29 is 0 Å². The maximum absolute atomic E-state index is 5.17. The Morgan fingerprint density at radius 1 is 0.267 bits per heavy atom. The summed E-state index contributed by atoms with van der Waals surface area (Å²) in [5.41, 5.74) is 26.7. The Kier molecular flexibility index (Phi) is 19.0. The van der Waals surface area contributed by atoms with Crippen LogP contribution in [0.25, 0.3) is 124 Å². The molecule has 0 saturated heterocycles. The van der Waals surface area contributed by atoms with Crippen molar-refractivity contribution in [3.63, 3.8) is 0 Å². The molecule has 15 rings (SSSR count). The highest BCUT2D eigenvalue weighted by Crippen LogP contribution is 2.54. The third kappa shape index (κ3) is 14.4. The first kappa shape index (κ1) is 67.0. The SMILES string of the molecule is CC(C)(C)c1ccnc(-c2ccc(-c3ccccc3C3CC(c4ccccc4-c4ccc(-c5ccc(-c6nc(-c7cccc(-c8ccccc8)c7)nc(-c7cccc(-c8ccccc8)c7)n6)cn5)cc4Br)CC(c4ccccc4-c4ccc(-c5cc(C(C)(C)C)ccn5)cc4Br)C3)c(Br)c2)c1. The van der Waals surface area contributed by atoms with Gasteiger partial charge in [0.25, 0.3) is 0 Å². The van der Waals surface area contributed by atoms with Gasteiger partial charge < -0.3 is 0 Å². The summed E-state index contributed by atoms with van der Waals surface area (Å²) < 4.78 is 3.09. The van der Waals surface area contributed by atoms with Crippen molar-refractivity contribution in [2.45, 2.75) is 89.4 Å². The van der Waals surface area contributed by atoms with Crippen LogP contribution in [0.1, 0.15) is 106 Å². The predicted molar refractivity (Wildman–Crippen MR) is 428 cm³/mol. The monoisotopic (exact) mass is 1500 g/mol. The third-order valence-corrected chi connectivity index (χ3v) is 21.9. The topological polar surface area (TPSA) is 77.3 Å². The number of benzene rings is 10. The number of pyridine rings is 3. The van der Waals surface area contributed by atoms with Crippen molar-refractivity contribution in [2.75, 3.05) is 0 Å². The van der Waals surface area contributed by atoms with Gasteiger partial charge in [-0.2, -0.15) is 0 Å². The molecule has 1 aliphatic carbocycles. The predicted octanol–water partition coefficient (Wildman–Crippen LogP) is 26.1. The number of hydrogen-bond acceptors (Lipinski definition) is 6. The molecule has 4 heterocycles. The lowest BCUT2D eigenvalue weighted by atomic mass is 9.66. The van der Waals surface area contributed by atoms with Gasteiger partial charge in [0.2, 0.25) is 0 Å². The number of hydrogen-bond donors (Lipinski definition) is 0. The first-order valence-corrected chi connectivity index (χ1v) is 37.1. The number of rotatable bonds is 14. The van der Waals surface area contributed by atoms with Crippen LogP contribution in [0.5, 0.6) is 0 Å². The molecule has 2 unspecified atom stereocenters. The molecule has 0 amide bonds. The smallest absolute Gasteiger partial charge is 0.165 e. The molecule has 2 atom stereocenters. The second kappa shape index (κ2) is 28.6. The molecule has 4 aromatic heterocycles. The van der Waals surface area contributed by atoms with Crippen molar-refractivity contribution in [3.8, 4) is 124 Å². The molecule has 6 nitrogen and oxygen atoms in total. The lowest BCUT2D eigenvalue weighted by Crippen LogP contribution is -2.21. The Hall–Kier alpha value is -9.90. The van der Waals surface area contributed by atoms with E-state index in [9.17, 15) is 0 Å². The van der Waals surface area contributed by atoms with Gasteiger partial charge in [0.05, 0.1) is 17.1 Å². The summed E-state index contributed by atoms with van der Waals surface area (Å²) in [6, 6.07) is 98.1. The standard InChI is InChI=1S/C92H75Br3N6/c1-91(2,3)71-43-45-96-86(55-71)63-36-40-80(83(94)53-63)77-33-17-14-30-74(77)69-49-68(50-70(51-69)75-31-15-18-34-78(75)81-41-37-64(54-84(81)95)87-56-72(44-46-97-87)92(4,5)6)73-29-13-16-32-76(73)79-39-35-62(52-82(79)93)85-42-38-67(57-98-85)90-100-88(65-27-19-25-60(47-65)58-21-9-7-10-22-58)99-89(101-90)66-28-20-26-61(48-66)59-23-11-8-12-24-59/h7-48,52-57,68-70H,49-51H2,1-6H3. The van der Waals surface area contributed by atoms with Gasteiger partial charge in [-0.1, -0.05) is 296 Å². The van der Waals surface area contributed by atoms with E-state index in [2.05, 4.69) is 350 Å². The van der Waals surface area contributed by atoms with E-state index in [0.29, 0.717) is 17.5 Å². The normalized spacial score (nSPS) is 14.8. The Morgan fingerprint density at radius 2 is 0.604 bits per heavy atom. The zero-order valence-electron chi connectivity index (χ0n) is 57.4. The molecule has 9 heteroatoms. The zero-order valence-corrected chi connectivity index (χ0v) is 62.1. The molecule has 0 spiro atoms. The van der Waals surface area contributed by atoms with Crippen molar-refractivity contribution in [1.82, 2.24) is 29.9 Å². The Bertz CT molecular complexity index is 5110. The zero-order chi connectivity index (χ0) is 69.4. The van der Waals surface area contributed by atoms with E-state index in [1.807, 2.05) is 30.7 Å². The molecule has 0 aliphatic heterocycles. The first-order valence-electron chi connectivity index (χ1n) is 34.7. The molecule has 1 fully saturated rings. The average Bonchev–Trinajstić information content (AvgIpc) is 0.770. The van der Waals surface area contributed by atoms with Crippen LogP contribution in [-0.4, -0.2) is 29.9 Å². The molecule has 1 saturated carbocycles. The minimum Gasteiger partial charge on any atom is -0.256 e. The van der Waals surface area contributed by atoms with E-state index in [4.69, 9.17) is 29.9 Å². The fraction of sp³-hybridized carbons (Fsp3) is 0.152. The highest BCUT2D eigenvalue weighted by molar-refractivity contribution is 9.11. The minimum atomic E-state index is 0.00437. The first-order chi connectivity index (χ1) is 49.0. The van der Waals surface area contributed by atoms with Gasteiger partial charge in [-0.3, -0.25) is 15.0 Å². The van der Waals surface area contributed by atoms with Gasteiger partial charge in [-0.15, -0.1) is 0 Å². The Balaban J connectivity index is 0.772. The van der Waals surface area contributed by atoms with Crippen molar-refractivity contribution in [2.24, 2.45) is 0 Å². The molecule has 0 N–H and O–H groups in total. The summed E-state index contributed by atoms with van der Waals surface area (Å²) in [5.74, 6) is 2.35. The Labute approximate surface area is 618 Å². The van der Waals surface area contributed by atoms with Crippen LogP contribution in [0.3, 0.4) is 0 Å². The summed E-state index contributed by atoms with van der Waals surface area (Å²) >= 11 is 12.4. The van der Waals surface area contributed by atoms with Gasteiger partial charge in [0.15, 0.2) is 17.5 Å². The quantitative estimate of drug-likeness (QED) is 0.108. The summed E-state index contributed by atoms with van der Waals surface area (Å²) in [7, 11) is 0. The van der Waals surface area contributed by atoms with Crippen molar-refractivity contribution in [3.05, 3.63) is 333 Å². The van der Waals surface area contributed by atoms with Crippen LogP contribution in [0.15, 0.2) is 305 Å². The molecular formula is C92H75Br3N6. The molecule has 14 aromatic rings. The molecule has 1 aliphatic rings. The largest absolute Gasteiger partial charge is 0.256 e. The van der Waals surface area contributed by atoms with E-state index in [1.165, 1.54) is 55.6 Å². The molecule has 0 radical (unpaired) electrons. The number of nitrogens with zero attached hydrogens (tertiary/aromatic N) is 6. The average molecular weight is 1500 g/mol. The fourth-order valence-electron chi connectivity index (χ4n) is 14.6. The van der Waals surface area contributed by atoms with Crippen LogP contribution in [0, 0.1) is 0 Å². The van der Waals surface area contributed by atoms with Gasteiger partial charge in [-0.05, 0) is 198 Å². The van der Waals surface area contributed by atoms with Crippen LogP contribution in [0.4, 0.5) is 0 Å². The molecule has 10 aromatic carbocycles. The Morgan fingerprint density at radius 3 is 0.970 bits per heavy atom. The van der Waals surface area contributed by atoms with Crippen molar-refractivity contribution in [1.29, 1.82) is 0 Å². The molecule has 101 heavy (non-hydrogen) atoms. The van der Waals surface area contributed by atoms with E-state index in [1.54, 1.807) is 0 Å². The summed E-state index contributed by atoms with van der Waals surface area (Å²) in [5, 5.41) is 0. The van der Waals surface area contributed by atoms with E-state index in [0.717, 1.165) is 111 Å². The number of aromatic nitrogens is 6. The van der Waals surface area contributed by atoms with Gasteiger partial charge in [0.1, 0.15) is 0 Å². The third-order valence-electron chi connectivity index (χ3n) is 19.9. The summed E-state index contributed by atoms with van der Waals surface area (Å²) in [4.78, 5) is 30.4. The van der Waals surface area contributed by atoms with E-state index >= 15 is 0 Å². The second-order valence-electron chi connectivity index (χ2n) is 28.6. The summed E-state index contributed by atoms with van der Waals surface area (Å²) in [6.07, 6.45) is 8.69. The van der Waals surface area contributed by atoms with Crippen LogP contribution < -0.4 is 0 Å². The van der Waals surface area contributed by atoms with Crippen LogP contribution >= 0.6 is 47.8 Å². The molecule has 494 valence electrons. The van der Waals surface area contributed by atoms with Crippen LogP contribution in [0.2, 0.25) is 0 Å². The van der Waals surface area contributed by atoms with E-state index < -0.39 is 0 Å². The lowest BCUT2D eigenvalue weighted by Gasteiger charge is -2.38. The van der Waals surface area contributed by atoms with Gasteiger partial charge in [-0.25, -0.2) is 15.0 Å². The van der Waals surface area contributed by atoms with Gasteiger partial charge >= 0.3 is 0 Å². The lowest BCUT2D eigenvalue weighted by molar-refractivity contribution is 0.353. The highest BCUT2D eigenvalue weighted by atomic mass is 79.9. The second-order valence-corrected chi connectivity index (χ2v) is 31.2. The van der Waals surface area contributed by atoms with Gasteiger partial charge in [0, 0.05) is 65.4 Å². The maximum Gasteiger partial charge on any atom is 0.165 e. The highest BCUT2D eigenvalue weighted by Gasteiger charge is 2.36. The van der Waals surface area contributed by atoms with E-state index in [-0.39, 0.29) is 28.6 Å². The number of halogens is 3. The molecule has 0 bridgehead atoms. The van der Waals surface area contributed by atoms with Crippen molar-refractivity contribution >= 4 is 47.8 Å². The van der Waals surface area contributed by atoms with Crippen LogP contribution in [-0.2, 0) is 10.8 Å². The minimum absolute atomic E-state index is 0.00437.